The standard InChI is InChI=1S/C11H15FN2S/c1-7(2)15-6-8-3-4-9(12)5-10(8)11(13)14/h3-5,7H,6H2,1-2H3,(H3,13,14). The molecule has 0 saturated heterocycles. The number of thioether (sulfide) groups is 1. The molecule has 0 amide bonds. The van der Waals surface area contributed by atoms with Crippen LogP contribution in [0.2, 0.25) is 0 Å². The number of nitrogen functional groups attached to an aromatic ring is 1. The highest BCUT2D eigenvalue weighted by Crippen LogP contribution is 2.20. The molecular formula is C11H15FN2S. The minimum atomic E-state index is -0.349. The monoisotopic (exact) mass is 226 g/mol. The van der Waals surface area contributed by atoms with Gasteiger partial charge >= 0.3 is 0 Å². The number of nitrogens with one attached hydrogen (secondary N) is 1. The Morgan fingerprint density at radius 3 is 2.73 bits per heavy atom. The zero-order valence-corrected chi connectivity index (χ0v) is 9.70. The third-order valence-electron chi connectivity index (χ3n) is 1.93. The lowest BCUT2D eigenvalue weighted by Crippen LogP contribution is -2.14. The Morgan fingerprint density at radius 1 is 1.53 bits per heavy atom. The Labute approximate surface area is 93.6 Å². The normalized spacial score (nSPS) is 10.7. The lowest BCUT2D eigenvalue weighted by molar-refractivity contribution is 0.627. The van der Waals surface area contributed by atoms with Crippen molar-refractivity contribution in [3.63, 3.8) is 0 Å². The maximum atomic E-state index is 12.9. The second kappa shape index (κ2) is 5.16. The maximum Gasteiger partial charge on any atom is 0.123 e. The van der Waals surface area contributed by atoms with Crippen molar-refractivity contribution in [1.82, 2.24) is 0 Å². The molecule has 1 aromatic carbocycles. The van der Waals surface area contributed by atoms with Crippen LogP contribution in [0.1, 0.15) is 25.0 Å². The average Bonchev–Trinajstić information content (AvgIpc) is 2.15. The molecule has 0 atom stereocenters. The van der Waals surface area contributed by atoms with E-state index in [2.05, 4.69) is 13.8 Å². The molecule has 0 aliphatic heterocycles. The quantitative estimate of drug-likeness (QED) is 0.612. The van der Waals surface area contributed by atoms with E-state index in [0.29, 0.717) is 10.8 Å². The summed E-state index contributed by atoms with van der Waals surface area (Å²) in [4.78, 5) is 0. The van der Waals surface area contributed by atoms with Crippen LogP contribution in [0.4, 0.5) is 4.39 Å². The average molecular weight is 226 g/mol. The summed E-state index contributed by atoms with van der Waals surface area (Å²) in [5.74, 6) is 0.333. The molecule has 0 saturated carbocycles. The van der Waals surface area contributed by atoms with Gasteiger partial charge in [-0.3, -0.25) is 5.41 Å². The summed E-state index contributed by atoms with van der Waals surface area (Å²) in [7, 11) is 0. The first-order valence-corrected chi connectivity index (χ1v) is 5.80. The van der Waals surface area contributed by atoms with Crippen LogP contribution in [-0.2, 0) is 5.75 Å². The molecule has 0 aromatic heterocycles. The molecule has 0 unspecified atom stereocenters. The number of hydrogen-bond donors (Lipinski definition) is 2. The highest BCUT2D eigenvalue weighted by Gasteiger charge is 2.07. The van der Waals surface area contributed by atoms with Crippen LogP contribution in [0.5, 0.6) is 0 Å². The summed E-state index contributed by atoms with van der Waals surface area (Å²) in [6, 6.07) is 4.42. The summed E-state index contributed by atoms with van der Waals surface area (Å²) in [6.45, 7) is 4.20. The smallest absolute Gasteiger partial charge is 0.123 e. The van der Waals surface area contributed by atoms with E-state index < -0.39 is 0 Å². The van der Waals surface area contributed by atoms with Crippen LogP contribution in [0, 0.1) is 11.2 Å². The predicted octanol–water partition coefficient (Wildman–Crippen LogP) is 2.75. The van der Waals surface area contributed by atoms with Gasteiger partial charge in [0.2, 0.25) is 0 Å². The van der Waals surface area contributed by atoms with Gasteiger partial charge in [-0.15, -0.1) is 0 Å². The van der Waals surface area contributed by atoms with Gasteiger partial charge in [-0.2, -0.15) is 11.8 Å². The van der Waals surface area contributed by atoms with Crippen molar-refractivity contribution in [2.45, 2.75) is 24.9 Å². The first-order chi connectivity index (χ1) is 7.00. The Kier molecular flexibility index (Phi) is 4.15. The zero-order chi connectivity index (χ0) is 11.4. The molecule has 1 rings (SSSR count). The fraction of sp³-hybridized carbons (Fsp3) is 0.364. The van der Waals surface area contributed by atoms with Gasteiger partial charge in [0.1, 0.15) is 11.7 Å². The molecule has 15 heavy (non-hydrogen) atoms. The fourth-order valence-corrected chi connectivity index (χ4v) is 1.95. The van der Waals surface area contributed by atoms with Crippen LogP contribution in [0.25, 0.3) is 0 Å². The number of nitrogens with two attached hydrogens (primary N) is 1. The van der Waals surface area contributed by atoms with Crippen molar-refractivity contribution >= 4 is 17.6 Å². The minimum Gasteiger partial charge on any atom is -0.384 e. The SMILES string of the molecule is CC(C)SCc1ccc(F)cc1C(=N)N. The molecule has 1 aromatic rings. The third-order valence-corrected chi connectivity index (χ3v) is 3.08. The Hall–Kier alpha value is -1.03. The van der Waals surface area contributed by atoms with Crippen LogP contribution in [0.3, 0.4) is 0 Å². The van der Waals surface area contributed by atoms with Gasteiger partial charge in [-0.25, -0.2) is 4.39 Å². The van der Waals surface area contributed by atoms with E-state index in [1.807, 2.05) is 0 Å². The minimum absolute atomic E-state index is 0.0751. The van der Waals surface area contributed by atoms with E-state index in [-0.39, 0.29) is 11.7 Å². The van der Waals surface area contributed by atoms with Crippen molar-refractivity contribution in [3.05, 3.63) is 35.1 Å². The molecule has 0 heterocycles. The summed E-state index contributed by atoms with van der Waals surface area (Å²) in [5.41, 5.74) is 6.82. The molecular weight excluding hydrogens is 211 g/mol. The Morgan fingerprint density at radius 2 is 2.20 bits per heavy atom. The molecule has 3 N–H and O–H groups in total. The molecule has 0 aliphatic carbocycles. The van der Waals surface area contributed by atoms with Gasteiger partial charge in [-0.05, 0) is 22.9 Å². The predicted molar refractivity (Wildman–Crippen MR) is 63.8 cm³/mol. The number of amidine groups is 1. The van der Waals surface area contributed by atoms with Crippen molar-refractivity contribution in [3.8, 4) is 0 Å². The van der Waals surface area contributed by atoms with Crippen LogP contribution < -0.4 is 5.73 Å². The van der Waals surface area contributed by atoms with E-state index in [0.717, 1.165) is 11.3 Å². The van der Waals surface area contributed by atoms with Gasteiger partial charge in [0.15, 0.2) is 0 Å². The van der Waals surface area contributed by atoms with Crippen molar-refractivity contribution in [2.75, 3.05) is 0 Å². The summed E-state index contributed by atoms with van der Waals surface area (Å²) >= 11 is 1.75. The zero-order valence-electron chi connectivity index (χ0n) is 8.88. The molecule has 0 spiro atoms. The molecule has 0 fully saturated rings. The Balaban J connectivity index is 2.91. The van der Waals surface area contributed by atoms with Crippen LogP contribution >= 0.6 is 11.8 Å². The second-order valence-corrected chi connectivity index (χ2v) is 5.14. The second-order valence-electron chi connectivity index (χ2n) is 3.57. The van der Waals surface area contributed by atoms with Gasteiger partial charge in [0, 0.05) is 11.3 Å². The number of benzene rings is 1. The largest absolute Gasteiger partial charge is 0.384 e. The molecule has 0 bridgehead atoms. The summed E-state index contributed by atoms with van der Waals surface area (Å²) in [6.07, 6.45) is 0. The highest BCUT2D eigenvalue weighted by atomic mass is 32.2. The van der Waals surface area contributed by atoms with Crippen LogP contribution in [-0.4, -0.2) is 11.1 Å². The number of hydrogen-bond acceptors (Lipinski definition) is 2. The highest BCUT2D eigenvalue weighted by molar-refractivity contribution is 7.99. The molecule has 82 valence electrons. The first-order valence-electron chi connectivity index (χ1n) is 4.75. The van der Waals surface area contributed by atoms with E-state index in [1.165, 1.54) is 12.1 Å². The van der Waals surface area contributed by atoms with Crippen molar-refractivity contribution in [2.24, 2.45) is 5.73 Å². The summed E-state index contributed by atoms with van der Waals surface area (Å²) < 4.78 is 12.9. The van der Waals surface area contributed by atoms with Gasteiger partial charge in [0.25, 0.3) is 0 Å². The topological polar surface area (TPSA) is 49.9 Å². The van der Waals surface area contributed by atoms with Gasteiger partial charge in [0.05, 0.1) is 0 Å². The lowest BCUT2D eigenvalue weighted by Gasteiger charge is -2.09. The summed E-state index contributed by atoms with van der Waals surface area (Å²) in [5, 5.41) is 7.87. The number of rotatable bonds is 4. The van der Waals surface area contributed by atoms with Crippen LogP contribution in [0.15, 0.2) is 18.2 Å². The first kappa shape index (κ1) is 12.0. The molecule has 2 nitrogen and oxygen atoms in total. The van der Waals surface area contributed by atoms with Crippen molar-refractivity contribution < 1.29 is 4.39 Å². The molecule has 4 heteroatoms. The van der Waals surface area contributed by atoms with E-state index in [1.54, 1.807) is 17.8 Å². The fourth-order valence-electron chi connectivity index (χ4n) is 1.18. The van der Waals surface area contributed by atoms with Gasteiger partial charge < -0.3 is 5.73 Å². The number of halogens is 1. The maximum absolute atomic E-state index is 12.9. The molecule has 0 aliphatic rings. The third kappa shape index (κ3) is 3.55. The van der Waals surface area contributed by atoms with E-state index in [4.69, 9.17) is 11.1 Å². The van der Waals surface area contributed by atoms with Gasteiger partial charge in [-0.1, -0.05) is 19.9 Å². The molecule has 0 radical (unpaired) electrons. The Bertz CT molecular complexity index is 364. The lowest BCUT2D eigenvalue weighted by atomic mass is 10.1. The van der Waals surface area contributed by atoms with Crippen molar-refractivity contribution in [1.29, 1.82) is 5.41 Å². The van der Waals surface area contributed by atoms with E-state index >= 15 is 0 Å². The van der Waals surface area contributed by atoms with E-state index in [9.17, 15) is 4.39 Å².